The van der Waals surface area contributed by atoms with Gasteiger partial charge in [-0.25, -0.2) is 14.1 Å². The highest BCUT2D eigenvalue weighted by molar-refractivity contribution is 6.03. The zero-order chi connectivity index (χ0) is 19.8. The van der Waals surface area contributed by atoms with Gasteiger partial charge in [0.05, 0.1) is 22.3 Å². The van der Waals surface area contributed by atoms with Crippen LogP contribution in [-0.4, -0.2) is 19.1 Å². The molecule has 26 heavy (non-hydrogen) atoms. The molecule has 0 unspecified atom stereocenters. The predicted molar refractivity (Wildman–Crippen MR) is 100 cm³/mol. The minimum atomic E-state index is -2.36. The van der Waals surface area contributed by atoms with Gasteiger partial charge in [0, 0.05) is 12.4 Å². The molecule has 0 atom stereocenters. The van der Waals surface area contributed by atoms with Gasteiger partial charge in [-0.1, -0.05) is 18.2 Å². The van der Waals surface area contributed by atoms with E-state index in [1.54, 1.807) is 12.4 Å². The first kappa shape index (κ1) is 11.2. The van der Waals surface area contributed by atoms with E-state index >= 15 is 0 Å². The molecule has 0 saturated carbocycles. The third-order valence-corrected chi connectivity index (χ3v) is 5.08. The second kappa shape index (κ2) is 4.79. The van der Waals surface area contributed by atoms with Crippen molar-refractivity contribution in [2.75, 3.05) is 0 Å². The fourth-order valence-electron chi connectivity index (χ4n) is 4.04. The summed E-state index contributed by atoms with van der Waals surface area (Å²) >= 11 is 0. The Morgan fingerprint density at radius 1 is 1.00 bits per heavy atom. The molecule has 1 aromatic carbocycles. The fraction of sp³-hybridized carbons (Fsp3) is 0.0952. The number of hydrogen-bond donors (Lipinski definition) is 0. The number of aromatic nitrogens is 5. The Morgan fingerprint density at radius 2 is 1.85 bits per heavy atom. The van der Waals surface area contributed by atoms with E-state index in [1.165, 1.54) is 4.57 Å². The monoisotopic (exact) mass is 341 g/mol. The number of hydrogen-bond acceptors (Lipinski definition) is 2. The number of nitrogens with zero attached hydrogens (tertiary/aromatic N) is 5. The van der Waals surface area contributed by atoms with Crippen LogP contribution in [0.15, 0.2) is 67.0 Å². The van der Waals surface area contributed by atoms with E-state index in [0.29, 0.717) is 23.4 Å². The summed E-state index contributed by atoms with van der Waals surface area (Å²) in [4.78, 5) is 9.07. The van der Waals surface area contributed by atoms with E-state index in [4.69, 9.17) is 4.11 Å². The third-order valence-electron chi connectivity index (χ3n) is 5.08. The topological polar surface area (TPSA) is 39.5 Å². The lowest BCUT2D eigenvalue weighted by molar-refractivity contribution is -0.648. The van der Waals surface area contributed by atoms with Crippen molar-refractivity contribution in [3.8, 4) is 17.1 Å². The minimum absolute atomic E-state index is 0.522. The van der Waals surface area contributed by atoms with Crippen LogP contribution < -0.4 is 4.57 Å². The summed E-state index contributed by atoms with van der Waals surface area (Å²) in [6, 6.07) is 17.6. The molecule has 0 N–H and O–H groups in total. The Morgan fingerprint density at radius 3 is 2.73 bits per heavy atom. The first-order valence-corrected chi connectivity index (χ1v) is 8.49. The number of aryl methyl sites for hydroxylation is 1. The van der Waals surface area contributed by atoms with Crippen molar-refractivity contribution in [2.45, 2.75) is 6.54 Å². The highest BCUT2D eigenvalue weighted by atomic mass is 15.3. The van der Waals surface area contributed by atoms with Gasteiger partial charge in [0.15, 0.2) is 0 Å². The van der Waals surface area contributed by atoms with Crippen LogP contribution in [0.3, 0.4) is 0 Å². The molecule has 0 amide bonds. The first-order chi connectivity index (χ1) is 14.1. The van der Waals surface area contributed by atoms with Gasteiger partial charge in [0.2, 0.25) is 11.3 Å². The standard InChI is InChI=1S/C21H16N5/c1-24-19-18-17(10-6-12-23-18)26(14-7-3-2-4-8-14)21(19)25-13-16-15(20(24)25)9-5-11-22-16/h2-12H,13H2,1H3/q+1/i1D3. The molecule has 0 bridgehead atoms. The quantitative estimate of drug-likeness (QED) is 0.431. The molecule has 5 nitrogen and oxygen atoms in total. The Kier molecular flexibility index (Phi) is 2.06. The second-order valence-corrected chi connectivity index (χ2v) is 6.46. The van der Waals surface area contributed by atoms with Crippen molar-refractivity contribution in [1.82, 2.24) is 19.1 Å². The summed E-state index contributed by atoms with van der Waals surface area (Å²) in [6.07, 6.45) is 3.45. The minimum Gasteiger partial charge on any atom is -0.257 e. The number of imidazole rings is 1. The molecular weight excluding hydrogens is 322 g/mol. The van der Waals surface area contributed by atoms with Crippen LogP contribution in [0.2, 0.25) is 0 Å². The van der Waals surface area contributed by atoms with Gasteiger partial charge in [-0.15, -0.1) is 0 Å². The average molecular weight is 341 g/mol. The molecule has 4 aromatic heterocycles. The van der Waals surface area contributed by atoms with Crippen molar-refractivity contribution in [3.05, 3.63) is 72.7 Å². The molecule has 1 aliphatic rings. The normalized spacial score (nSPS) is 14.8. The van der Waals surface area contributed by atoms with Crippen LogP contribution in [-0.2, 0) is 13.5 Å². The Bertz CT molecular complexity index is 1410. The zero-order valence-electron chi connectivity index (χ0n) is 16.8. The van der Waals surface area contributed by atoms with Crippen LogP contribution in [0.1, 0.15) is 9.81 Å². The molecule has 5 heteroatoms. The summed E-state index contributed by atoms with van der Waals surface area (Å²) in [5, 5.41) is 0. The molecule has 5 heterocycles. The van der Waals surface area contributed by atoms with Crippen molar-refractivity contribution < 1.29 is 8.68 Å². The molecule has 124 valence electrons. The van der Waals surface area contributed by atoms with Crippen LogP contribution in [0.5, 0.6) is 0 Å². The molecule has 0 spiro atoms. The zero-order valence-corrected chi connectivity index (χ0v) is 13.8. The molecule has 5 aromatic rings. The van der Waals surface area contributed by atoms with Crippen molar-refractivity contribution in [2.24, 2.45) is 6.98 Å². The van der Waals surface area contributed by atoms with E-state index in [9.17, 15) is 0 Å². The van der Waals surface area contributed by atoms with Crippen molar-refractivity contribution in [3.63, 3.8) is 0 Å². The van der Waals surface area contributed by atoms with Gasteiger partial charge >= 0.3 is 0 Å². The molecule has 0 radical (unpaired) electrons. The smallest absolute Gasteiger partial charge is 0.257 e. The SMILES string of the molecule is [2H]C([2H])([2H])n1c2[n+](c3c1c1ncccc1n3-c1ccccc1)Cc1ncccc1-2. The Balaban J connectivity index is 1.87. The maximum Gasteiger partial charge on any atom is 0.276 e. The van der Waals surface area contributed by atoms with Gasteiger partial charge in [-0.05, 0) is 36.4 Å². The summed E-state index contributed by atoms with van der Waals surface area (Å²) in [5.41, 5.74) is 5.67. The molecule has 1 aliphatic heterocycles. The second-order valence-electron chi connectivity index (χ2n) is 6.46. The van der Waals surface area contributed by atoms with Crippen molar-refractivity contribution in [1.29, 1.82) is 0 Å². The highest BCUT2D eigenvalue weighted by Gasteiger charge is 2.36. The van der Waals surface area contributed by atoms with E-state index in [2.05, 4.69) is 14.5 Å². The maximum atomic E-state index is 8.30. The van der Waals surface area contributed by atoms with Gasteiger partial charge in [0.25, 0.3) is 5.65 Å². The molecule has 0 fully saturated rings. The number of fused-ring (bicyclic) bond motifs is 7. The largest absolute Gasteiger partial charge is 0.276 e. The maximum absolute atomic E-state index is 8.30. The van der Waals surface area contributed by atoms with Gasteiger partial charge in [0.1, 0.15) is 23.3 Å². The summed E-state index contributed by atoms with van der Waals surface area (Å²) in [6.45, 7) is -1.84. The molecule has 0 saturated heterocycles. The van der Waals surface area contributed by atoms with E-state index in [-0.39, 0.29) is 0 Å². The molecule has 0 aliphatic carbocycles. The van der Waals surface area contributed by atoms with E-state index < -0.39 is 6.98 Å². The van der Waals surface area contributed by atoms with Crippen LogP contribution in [0.4, 0.5) is 0 Å². The average Bonchev–Trinajstić information content (AvgIpc) is 3.34. The van der Waals surface area contributed by atoms with Gasteiger partial charge < -0.3 is 0 Å². The number of para-hydroxylation sites is 1. The number of rotatable bonds is 1. The number of pyridine rings is 2. The summed E-state index contributed by atoms with van der Waals surface area (Å²) in [7, 11) is 0. The lowest BCUT2D eigenvalue weighted by Gasteiger charge is -2.02. The van der Waals surface area contributed by atoms with Crippen LogP contribution in [0, 0.1) is 0 Å². The van der Waals surface area contributed by atoms with Crippen LogP contribution >= 0.6 is 0 Å². The first-order valence-electron chi connectivity index (χ1n) is 9.99. The third kappa shape index (κ3) is 1.57. The molecule has 6 rings (SSSR count). The Hall–Kier alpha value is -3.47. The van der Waals surface area contributed by atoms with Crippen LogP contribution in [0.25, 0.3) is 39.3 Å². The number of benzene rings is 1. The highest BCUT2D eigenvalue weighted by Crippen LogP contribution is 2.35. The predicted octanol–water partition coefficient (Wildman–Crippen LogP) is 3.23. The van der Waals surface area contributed by atoms with E-state index in [1.807, 2.05) is 59.2 Å². The fourth-order valence-corrected chi connectivity index (χ4v) is 4.04. The summed E-state index contributed by atoms with van der Waals surface area (Å²) < 4.78 is 30.5. The Labute approximate surface area is 154 Å². The van der Waals surface area contributed by atoms with E-state index in [0.717, 1.165) is 28.1 Å². The summed E-state index contributed by atoms with van der Waals surface area (Å²) in [5.74, 6) is 0.648. The molecular formula is C21H16N5+. The lowest BCUT2D eigenvalue weighted by atomic mass is 10.2. The van der Waals surface area contributed by atoms with Gasteiger partial charge in [-0.2, -0.15) is 0 Å². The van der Waals surface area contributed by atoms with Crippen molar-refractivity contribution >= 4 is 22.2 Å². The lowest BCUT2D eigenvalue weighted by Crippen LogP contribution is -2.33. The van der Waals surface area contributed by atoms with Gasteiger partial charge in [-0.3, -0.25) is 9.55 Å².